The minimum atomic E-state index is 0.0258. The van der Waals surface area contributed by atoms with Crippen molar-refractivity contribution >= 4 is 5.78 Å². The molecule has 2 unspecified atom stereocenters. The molecule has 2 atom stereocenters. The summed E-state index contributed by atoms with van der Waals surface area (Å²) >= 11 is 0. The van der Waals surface area contributed by atoms with Crippen LogP contribution < -0.4 is 16.0 Å². The van der Waals surface area contributed by atoms with E-state index in [9.17, 15) is 4.79 Å². The molecule has 1 saturated carbocycles. The van der Waals surface area contributed by atoms with E-state index in [1.165, 1.54) is 19.3 Å². The van der Waals surface area contributed by atoms with E-state index in [1.807, 2.05) is 0 Å². The van der Waals surface area contributed by atoms with Crippen LogP contribution in [0.25, 0.3) is 0 Å². The fourth-order valence-corrected chi connectivity index (χ4v) is 4.17. The highest BCUT2D eigenvalue weighted by Gasteiger charge is 2.46. The van der Waals surface area contributed by atoms with Gasteiger partial charge in [0.25, 0.3) is 0 Å². The number of piperidine rings is 1. The standard InChI is InChI=1S/C15H27N3O/c19-14(12-4-2-1-3-5-12)13-10-16-7-6-15(13)11-17-8-9-18-15/h12-13,16-18H,1-11H2. The lowest BCUT2D eigenvalue weighted by Gasteiger charge is -2.48. The number of ketones is 1. The fraction of sp³-hybridized carbons (Fsp3) is 0.933. The lowest BCUT2D eigenvalue weighted by Crippen LogP contribution is -2.69. The quantitative estimate of drug-likeness (QED) is 0.687. The van der Waals surface area contributed by atoms with Crippen LogP contribution in [0.2, 0.25) is 0 Å². The van der Waals surface area contributed by atoms with Gasteiger partial charge in [-0.15, -0.1) is 0 Å². The first-order valence-electron chi connectivity index (χ1n) is 8.02. The maximum Gasteiger partial charge on any atom is 0.142 e. The lowest BCUT2D eigenvalue weighted by atomic mass is 9.70. The molecule has 4 heteroatoms. The summed E-state index contributed by atoms with van der Waals surface area (Å²) < 4.78 is 0. The van der Waals surface area contributed by atoms with Crippen LogP contribution >= 0.6 is 0 Å². The van der Waals surface area contributed by atoms with Crippen molar-refractivity contribution < 1.29 is 4.79 Å². The molecular weight excluding hydrogens is 238 g/mol. The van der Waals surface area contributed by atoms with Crippen LogP contribution in [0.5, 0.6) is 0 Å². The van der Waals surface area contributed by atoms with E-state index in [0.717, 1.165) is 52.0 Å². The van der Waals surface area contributed by atoms with Crippen molar-refractivity contribution in [3.63, 3.8) is 0 Å². The Hall–Kier alpha value is -0.450. The first kappa shape index (κ1) is 13.5. The molecule has 108 valence electrons. The molecule has 4 nitrogen and oxygen atoms in total. The largest absolute Gasteiger partial charge is 0.316 e. The highest BCUT2D eigenvalue weighted by molar-refractivity contribution is 5.85. The van der Waals surface area contributed by atoms with Crippen molar-refractivity contribution in [3.8, 4) is 0 Å². The summed E-state index contributed by atoms with van der Waals surface area (Å²) in [6, 6.07) is 0. The first-order chi connectivity index (χ1) is 9.32. The van der Waals surface area contributed by atoms with Gasteiger partial charge in [0.1, 0.15) is 5.78 Å². The zero-order valence-electron chi connectivity index (χ0n) is 11.8. The third-order valence-electron chi connectivity index (χ3n) is 5.33. The van der Waals surface area contributed by atoms with Gasteiger partial charge < -0.3 is 16.0 Å². The Morgan fingerprint density at radius 3 is 2.58 bits per heavy atom. The summed E-state index contributed by atoms with van der Waals surface area (Å²) in [7, 11) is 0. The van der Waals surface area contributed by atoms with Crippen LogP contribution in [0.1, 0.15) is 38.5 Å². The number of rotatable bonds is 2. The smallest absolute Gasteiger partial charge is 0.142 e. The second kappa shape index (κ2) is 5.90. The predicted octanol–water partition coefficient (Wildman–Crippen LogP) is 0.677. The van der Waals surface area contributed by atoms with Crippen LogP contribution in [0, 0.1) is 11.8 Å². The molecule has 0 bridgehead atoms. The van der Waals surface area contributed by atoms with Crippen molar-refractivity contribution in [2.45, 2.75) is 44.1 Å². The Bertz CT molecular complexity index is 311. The minimum Gasteiger partial charge on any atom is -0.316 e. The number of carbonyl (C=O) groups excluding carboxylic acids is 1. The van der Waals surface area contributed by atoms with Gasteiger partial charge in [0.05, 0.1) is 0 Å². The number of piperazine rings is 1. The molecule has 3 N–H and O–H groups in total. The molecule has 0 aromatic carbocycles. The molecule has 1 spiro atoms. The first-order valence-corrected chi connectivity index (χ1v) is 8.02. The molecule has 3 aliphatic rings. The highest BCUT2D eigenvalue weighted by atomic mass is 16.1. The average Bonchev–Trinajstić information content (AvgIpc) is 2.49. The summed E-state index contributed by atoms with van der Waals surface area (Å²) in [5.74, 6) is 1.03. The van der Waals surface area contributed by atoms with E-state index in [1.54, 1.807) is 0 Å². The third-order valence-corrected chi connectivity index (χ3v) is 5.33. The van der Waals surface area contributed by atoms with Crippen molar-refractivity contribution in [2.75, 3.05) is 32.7 Å². The number of Topliss-reactive ketones (excluding diaryl/α,β-unsaturated/α-hetero) is 1. The molecule has 0 amide bonds. The topological polar surface area (TPSA) is 53.2 Å². The van der Waals surface area contributed by atoms with Crippen LogP contribution in [-0.2, 0) is 4.79 Å². The molecule has 0 aromatic heterocycles. The van der Waals surface area contributed by atoms with Gasteiger partial charge in [-0.3, -0.25) is 4.79 Å². The molecule has 2 heterocycles. The van der Waals surface area contributed by atoms with Gasteiger partial charge in [0.15, 0.2) is 0 Å². The van der Waals surface area contributed by atoms with Gasteiger partial charge in [0, 0.05) is 43.6 Å². The maximum atomic E-state index is 12.9. The van der Waals surface area contributed by atoms with Crippen LogP contribution in [0.3, 0.4) is 0 Å². The second-order valence-electron chi connectivity index (χ2n) is 6.50. The maximum absolute atomic E-state index is 12.9. The molecule has 1 aliphatic carbocycles. The number of nitrogens with one attached hydrogen (secondary N) is 3. The number of hydrogen-bond acceptors (Lipinski definition) is 4. The van der Waals surface area contributed by atoms with E-state index in [4.69, 9.17) is 0 Å². The Balaban J connectivity index is 1.73. The zero-order chi connectivity index (χ0) is 13.1. The van der Waals surface area contributed by atoms with Gasteiger partial charge in [-0.1, -0.05) is 19.3 Å². The molecule has 3 fully saturated rings. The molecule has 2 saturated heterocycles. The zero-order valence-corrected chi connectivity index (χ0v) is 11.8. The monoisotopic (exact) mass is 265 g/mol. The van der Waals surface area contributed by atoms with E-state index in [-0.39, 0.29) is 11.5 Å². The van der Waals surface area contributed by atoms with E-state index in [0.29, 0.717) is 11.7 Å². The van der Waals surface area contributed by atoms with Crippen LogP contribution in [0.4, 0.5) is 0 Å². The summed E-state index contributed by atoms with van der Waals surface area (Å²) in [5.41, 5.74) is 0.0258. The van der Waals surface area contributed by atoms with Crippen LogP contribution in [-0.4, -0.2) is 44.0 Å². The van der Waals surface area contributed by atoms with Gasteiger partial charge in [-0.05, 0) is 25.8 Å². The molecule has 3 rings (SSSR count). The molecule has 0 aromatic rings. The van der Waals surface area contributed by atoms with Crippen LogP contribution in [0.15, 0.2) is 0 Å². The Morgan fingerprint density at radius 2 is 1.84 bits per heavy atom. The van der Waals surface area contributed by atoms with E-state index in [2.05, 4.69) is 16.0 Å². The summed E-state index contributed by atoms with van der Waals surface area (Å²) in [5, 5.41) is 10.6. The number of hydrogen-bond donors (Lipinski definition) is 3. The summed E-state index contributed by atoms with van der Waals surface area (Å²) in [6.45, 7) is 4.87. The molecule has 19 heavy (non-hydrogen) atoms. The second-order valence-corrected chi connectivity index (χ2v) is 6.50. The van der Waals surface area contributed by atoms with Crippen molar-refractivity contribution in [3.05, 3.63) is 0 Å². The van der Waals surface area contributed by atoms with Gasteiger partial charge >= 0.3 is 0 Å². The Kier molecular flexibility index (Phi) is 4.20. The molecule has 0 radical (unpaired) electrons. The predicted molar refractivity (Wildman–Crippen MR) is 76.2 cm³/mol. The minimum absolute atomic E-state index is 0.0258. The third kappa shape index (κ3) is 2.71. The average molecular weight is 265 g/mol. The van der Waals surface area contributed by atoms with Crippen molar-refractivity contribution in [1.29, 1.82) is 0 Å². The van der Waals surface area contributed by atoms with Gasteiger partial charge in [-0.2, -0.15) is 0 Å². The number of carbonyl (C=O) groups is 1. The van der Waals surface area contributed by atoms with Gasteiger partial charge in [0.2, 0.25) is 0 Å². The van der Waals surface area contributed by atoms with Crippen molar-refractivity contribution in [2.24, 2.45) is 11.8 Å². The Morgan fingerprint density at radius 1 is 1.00 bits per heavy atom. The summed E-state index contributed by atoms with van der Waals surface area (Å²) in [6.07, 6.45) is 7.13. The summed E-state index contributed by atoms with van der Waals surface area (Å²) in [4.78, 5) is 12.9. The molecule has 2 aliphatic heterocycles. The molecular formula is C15H27N3O. The van der Waals surface area contributed by atoms with E-state index < -0.39 is 0 Å². The Labute approximate surface area is 116 Å². The highest BCUT2D eigenvalue weighted by Crippen LogP contribution is 2.33. The van der Waals surface area contributed by atoms with E-state index >= 15 is 0 Å². The fourth-order valence-electron chi connectivity index (χ4n) is 4.17. The van der Waals surface area contributed by atoms with Crippen molar-refractivity contribution in [1.82, 2.24) is 16.0 Å². The van der Waals surface area contributed by atoms with Gasteiger partial charge in [-0.25, -0.2) is 0 Å². The SMILES string of the molecule is O=C(C1CCCCC1)C1CNCCC12CNCCN2. The lowest BCUT2D eigenvalue weighted by molar-refractivity contribution is -0.131. The normalized spacial score (nSPS) is 37.4.